The third kappa shape index (κ3) is 3.98. The zero-order chi connectivity index (χ0) is 14.4. The summed E-state index contributed by atoms with van der Waals surface area (Å²) in [5, 5.41) is 0. The number of nitrogens with two attached hydrogens (primary N) is 1. The zero-order valence-electron chi connectivity index (χ0n) is 11.6. The fourth-order valence-corrected chi connectivity index (χ4v) is 1.65. The van der Waals surface area contributed by atoms with Crippen molar-refractivity contribution in [2.24, 2.45) is 0 Å². The molecule has 0 heterocycles. The first-order chi connectivity index (χ1) is 8.99. The topological polar surface area (TPSA) is 72.6 Å². The number of likely N-dealkylation sites (N-methyl/N-ethyl adjacent to an activating group) is 1. The number of ether oxygens (including phenoxy) is 1. The van der Waals surface area contributed by atoms with Crippen molar-refractivity contribution in [3.05, 3.63) is 29.3 Å². The van der Waals surface area contributed by atoms with E-state index in [1.807, 2.05) is 20.8 Å². The lowest BCUT2D eigenvalue weighted by Gasteiger charge is -2.18. The Morgan fingerprint density at radius 1 is 1.26 bits per heavy atom. The van der Waals surface area contributed by atoms with Gasteiger partial charge >= 0.3 is 5.97 Å². The molecule has 0 aliphatic rings. The molecule has 5 heteroatoms. The molecule has 0 aliphatic heterocycles. The largest absolute Gasteiger partial charge is 0.452 e. The van der Waals surface area contributed by atoms with Gasteiger partial charge in [-0.3, -0.25) is 4.79 Å². The molecular weight excluding hydrogens is 244 g/mol. The third-order valence-corrected chi connectivity index (χ3v) is 2.96. The lowest BCUT2D eigenvalue weighted by molar-refractivity contribution is -0.134. The zero-order valence-corrected chi connectivity index (χ0v) is 11.6. The van der Waals surface area contributed by atoms with Gasteiger partial charge in [0.15, 0.2) is 6.61 Å². The van der Waals surface area contributed by atoms with Gasteiger partial charge in [0, 0.05) is 18.8 Å². The second kappa shape index (κ2) is 6.78. The van der Waals surface area contributed by atoms with Crippen LogP contribution in [0.4, 0.5) is 5.69 Å². The summed E-state index contributed by atoms with van der Waals surface area (Å²) in [6.07, 6.45) is 0. The highest BCUT2D eigenvalue weighted by molar-refractivity contribution is 5.92. The monoisotopic (exact) mass is 264 g/mol. The molecule has 0 spiro atoms. The summed E-state index contributed by atoms with van der Waals surface area (Å²) in [6.45, 7) is 6.57. The Kier molecular flexibility index (Phi) is 5.36. The van der Waals surface area contributed by atoms with Gasteiger partial charge in [-0.25, -0.2) is 4.79 Å². The molecule has 0 bridgehead atoms. The molecule has 0 aliphatic carbocycles. The fourth-order valence-electron chi connectivity index (χ4n) is 1.65. The maximum atomic E-state index is 11.8. The van der Waals surface area contributed by atoms with Gasteiger partial charge in [-0.2, -0.15) is 0 Å². The predicted octanol–water partition coefficient (Wildman–Crippen LogP) is 1.60. The van der Waals surface area contributed by atoms with Crippen LogP contribution in [0, 0.1) is 6.92 Å². The molecule has 0 aromatic heterocycles. The van der Waals surface area contributed by atoms with E-state index in [9.17, 15) is 9.59 Å². The molecule has 1 rings (SSSR count). The van der Waals surface area contributed by atoms with Gasteiger partial charge in [-0.15, -0.1) is 0 Å². The fraction of sp³-hybridized carbons (Fsp3) is 0.429. The summed E-state index contributed by atoms with van der Waals surface area (Å²) in [7, 11) is 0. The summed E-state index contributed by atoms with van der Waals surface area (Å²) < 4.78 is 4.98. The van der Waals surface area contributed by atoms with Crippen LogP contribution in [-0.4, -0.2) is 36.5 Å². The quantitative estimate of drug-likeness (QED) is 0.647. The summed E-state index contributed by atoms with van der Waals surface area (Å²) in [5.41, 5.74) is 7.51. The Labute approximate surface area is 113 Å². The Balaban J connectivity index is 2.60. The number of hydrogen-bond donors (Lipinski definition) is 1. The SMILES string of the molecule is CCN(CC)C(=O)COC(=O)c1ccc(C)c(N)c1. The van der Waals surface area contributed by atoms with Gasteiger partial charge in [-0.1, -0.05) is 6.07 Å². The molecule has 2 N–H and O–H groups in total. The minimum Gasteiger partial charge on any atom is -0.452 e. The number of carbonyl (C=O) groups is 2. The number of benzene rings is 1. The number of nitrogens with zero attached hydrogens (tertiary/aromatic N) is 1. The highest BCUT2D eigenvalue weighted by Gasteiger charge is 2.14. The van der Waals surface area contributed by atoms with Gasteiger partial charge in [-0.05, 0) is 38.5 Å². The van der Waals surface area contributed by atoms with E-state index in [0.29, 0.717) is 24.3 Å². The highest BCUT2D eigenvalue weighted by atomic mass is 16.5. The summed E-state index contributed by atoms with van der Waals surface area (Å²) in [4.78, 5) is 25.1. The molecule has 0 radical (unpaired) electrons. The average molecular weight is 264 g/mol. The number of amides is 1. The lowest BCUT2D eigenvalue weighted by atomic mass is 10.1. The van der Waals surface area contributed by atoms with Gasteiger partial charge in [0.25, 0.3) is 5.91 Å². The smallest absolute Gasteiger partial charge is 0.338 e. The van der Waals surface area contributed by atoms with Crippen LogP contribution in [-0.2, 0) is 9.53 Å². The van der Waals surface area contributed by atoms with Crippen molar-refractivity contribution < 1.29 is 14.3 Å². The van der Waals surface area contributed by atoms with E-state index >= 15 is 0 Å². The first kappa shape index (κ1) is 15.0. The summed E-state index contributed by atoms with van der Waals surface area (Å²) in [6, 6.07) is 4.94. The first-order valence-electron chi connectivity index (χ1n) is 6.30. The van der Waals surface area contributed by atoms with E-state index in [0.717, 1.165) is 5.56 Å². The highest BCUT2D eigenvalue weighted by Crippen LogP contribution is 2.13. The molecule has 0 saturated carbocycles. The van der Waals surface area contributed by atoms with E-state index in [1.54, 1.807) is 23.1 Å². The number of rotatable bonds is 5. The molecule has 0 unspecified atom stereocenters. The number of nitrogen functional groups attached to an aromatic ring is 1. The van der Waals surface area contributed by atoms with E-state index in [-0.39, 0.29) is 12.5 Å². The normalized spacial score (nSPS) is 10.1. The number of esters is 1. The lowest BCUT2D eigenvalue weighted by Crippen LogP contribution is -2.34. The van der Waals surface area contributed by atoms with Crippen molar-refractivity contribution >= 4 is 17.6 Å². The molecule has 1 aromatic rings. The van der Waals surface area contributed by atoms with E-state index in [2.05, 4.69) is 0 Å². The molecule has 5 nitrogen and oxygen atoms in total. The Bertz CT molecular complexity index is 468. The van der Waals surface area contributed by atoms with Crippen LogP contribution in [0.15, 0.2) is 18.2 Å². The van der Waals surface area contributed by atoms with E-state index < -0.39 is 5.97 Å². The molecular formula is C14H20N2O3. The predicted molar refractivity (Wildman–Crippen MR) is 73.8 cm³/mol. The van der Waals surface area contributed by atoms with Crippen LogP contribution in [0.5, 0.6) is 0 Å². The van der Waals surface area contributed by atoms with E-state index in [1.165, 1.54) is 0 Å². The van der Waals surface area contributed by atoms with Crippen molar-refractivity contribution in [2.45, 2.75) is 20.8 Å². The second-order valence-electron chi connectivity index (χ2n) is 4.21. The van der Waals surface area contributed by atoms with Crippen molar-refractivity contribution in [1.29, 1.82) is 0 Å². The average Bonchev–Trinajstić information content (AvgIpc) is 2.40. The van der Waals surface area contributed by atoms with Gasteiger partial charge in [0.05, 0.1) is 5.56 Å². The third-order valence-electron chi connectivity index (χ3n) is 2.96. The Morgan fingerprint density at radius 2 is 1.89 bits per heavy atom. The van der Waals surface area contributed by atoms with Crippen LogP contribution in [0.2, 0.25) is 0 Å². The van der Waals surface area contributed by atoms with Gasteiger partial charge in [0.1, 0.15) is 0 Å². The number of carbonyl (C=O) groups excluding carboxylic acids is 2. The van der Waals surface area contributed by atoms with Crippen LogP contribution in [0.3, 0.4) is 0 Å². The molecule has 1 aromatic carbocycles. The molecule has 104 valence electrons. The van der Waals surface area contributed by atoms with Gasteiger partial charge < -0.3 is 15.4 Å². The summed E-state index contributed by atoms with van der Waals surface area (Å²) in [5.74, 6) is -0.731. The standard InChI is InChI=1S/C14H20N2O3/c1-4-16(5-2)13(17)9-19-14(18)11-7-6-10(3)12(15)8-11/h6-8H,4-5,9,15H2,1-3H3. The minimum absolute atomic E-state index is 0.196. The second-order valence-corrected chi connectivity index (χ2v) is 4.21. The number of aryl methyl sites for hydroxylation is 1. The van der Waals surface area contributed by atoms with Crippen LogP contribution in [0.25, 0.3) is 0 Å². The van der Waals surface area contributed by atoms with E-state index in [4.69, 9.17) is 10.5 Å². The van der Waals surface area contributed by atoms with Crippen molar-refractivity contribution in [3.8, 4) is 0 Å². The molecule has 1 amide bonds. The van der Waals surface area contributed by atoms with Crippen molar-refractivity contribution in [2.75, 3.05) is 25.4 Å². The maximum Gasteiger partial charge on any atom is 0.338 e. The number of anilines is 1. The molecule has 0 fully saturated rings. The molecule has 0 saturated heterocycles. The van der Waals surface area contributed by atoms with Crippen LogP contribution < -0.4 is 5.73 Å². The Morgan fingerprint density at radius 3 is 2.42 bits per heavy atom. The number of hydrogen-bond acceptors (Lipinski definition) is 4. The minimum atomic E-state index is -0.535. The summed E-state index contributed by atoms with van der Waals surface area (Å²) >= 11 is 0. The molecule has 19 heavy (non-hydrogen) atoms. The first-order valence-corrected chi connectivity index (χ1v) is 6.30. The van der Waals surface area contributed by atoms with Crippen molar-refractivity contribution in [1.82, 2.24) is 4.90 Å². The van der Waals surface area contributed by atoms with Crippen LogP contribution >= 0.6 is 0 Å². The Hall–Kier alpha value is -2.04. The van der Waals surface area contributed by atoms with Crippen molar-refractivity contribution in [3.63, 3.8) is 0 Å². The maximum absolute atomic E-state index is 11.8. The molecule has 0 atom stereocenters. The van der Waals surface area contributed by atoms with Gasteiger partial charge in [0.2, 0.25) is 0 Å². The van der Waals surface area contributed by atoms with Crippen LogP contribution in [0.1, 0.15) is 29.8 Å².